The summed E-state index contributed by atoms with van der Waals surface area (Å²) in [4.78, 5) is 15.6. The van der Waals surface area contributed by atoms with E-state index in [0.29, 0.717) is 17.1 Å². The molecule has 0 aliphatic rings. The van der Waals surface area contributed by atoms with E-state index >= 15 is 0 Å². The van der Waals surface area contributed by atoms with Gasteiger partial charge in [0.2, 0.25) is 0 Å². The minimum atomic E-state index is -4.93. The van der Waals surface area contributed by atoms with Crippen LogP contribution < -0.4 is 14.8 Å². The van der Waals surface area contributed by atoms with Gasteiger partial charge in [0.25, 0.3) is 5.91 Å². The number of carbonyl (C=O) groups excluding carboxylic acids is 1. The average Bonchev–Trinajstić information content (AvgIpc) is 3.24. The van der Waals surface area contributed by atoms with Gasteiger partial charge in [-0.3, -0.25) is 4.79 Å². The molecule has 34 heavy (non-hydrogen) atoms. The molecular weight excluding hydrogens is 486 g/mol. The summed E-state index contributed by atoms with van der Waals surface area (Å²) in [5, 5.41) is 2.24. The Morgan fingerprint density at radius 2 is 1.65 bits per heavy atom. The number of carbonyl (C=O) groups is 1. The predicted molar refractivity (Wildman–Crippen MR) is 113 cm³/mol. The zero-order valence-corrected chi connectivity index (χ0v) is 18.8. The highest BCUT2D eigenvalue weighted by molar-refractivity contribution is 7.17. The minimum absolute atomic E-state index is 0.0846. The van der Waals surface area contributed by atoms with Crippen molar-refractivity contribution < 1.29 is 40.6 Å². The van der Waals surface area contributed by atoms with E-state index in [1.807, 2.05) is 0 Å². The third-order valence-electron chi connectivity index (χ3n) is 4.79. The summed E-state index contributed by atoms with van der Waals surface area (Å²) < 4.78 is 90.1. The number of ether oxygens (including phenoxy) is 2. The summed E-state index contributed by atoms with van der Waals surface area (Å²) in [5.74, 6) is -0.499. The number of rotatable bonds is 6. The molecule has 5 nitrogen and oxygen atoms in total. The van der Waals surface area contributed by atoms with Gasteiger partial charge in [0.1, 0.15) is 9.88 Å². The van der Waals surface area contributed by atoms with Crippen LogP contribution in [0.15, 0.2) is 42.5 Å². The number of amides is 1. The fourth-order valence-electron chi connectivity index (χ4n) is 3.09. The van der Waals surface area contributed by atoms with E-state index in [1.54, 1.807) is 0 Å². The normalized spacial score (nSPS) is 12.9. The number of nitrogens with zero attached hydrogens (tertiary/aromatic N) is 1. The molecule has 3 aromatic rings. The maximum absolute atomic E-state index is 13.6. The molecule has 0 spiro atoms. The second-order valence-electron chi connectivity index (χ2n) is 7.08. The Labute approximate surface area is 194 Å². The SMILES string of the molecule is COc1ccc(-c2nc(C(F)(F)F)c(C(=O)NC(C)c3cccc(C(F)(F)F)c3)s2)cc1OC. The smallest absolute Gasteiger partial charge is 0.435 e. The molecule has 0 aliphatic heterocycles. The molecule has 0 aliphatic carbocycles. The zero-order chi connectivity index (χ0) is 25.3. The van der Waals surface area contributed by atoms with Crippen LogP contribution >= 0.6 is 11.3 Å². The zero-order valence-electron chi connectivity index (χ0n) is 18.0. The number of benzene rings is 2. The Hall–Kier alpha value is -3.28. The van der Waals surface area contributed by atoms with E-state index in [-0.39, 0.29) is 21.9 Å². The molecular formula is C22H18F6N2O3S. The molecule has 0 bridgehead atoms. The van der Waals surface area contributed by atoms with Crippen molar-refractivity contribution in [1.82, 2.24) is 10.3 Å². The second kappa shape index (κ2) is 9.53. The summed E-state index contributed by atoms with van der Waals surface area (Å²) in [6, 6.07) is 7.56. The molecule has 1 unspecified atom stereocenters. The van der Waals surface area contributed by atoms with Crippen LogP contribution in [0.5, 0.6) is 11.5 Å². The van der Waals surface area contributed by atoms with Gasteiger partial charge < -0.3 is 14.8 Å². The summed E-state index contributed by atoms with van der Waals surface area (Å²) in [7, 11) is 2.76. The lowest BCUT2D eigenvalue weighted by Gasteiger charge is -2.16. The van der Waals surface area contributed by atoms with Crippen molar-refractivity contribution in [3.63, 3.8) is 0 Å². The lowest BCUT2D eigenvalue weighted by molar-refractivity contribution is -0.141. The molecule has 1 amide bonds. The van der Waals surface area contributed by atoms with Crippen LogP contribution in [0.2, 0.25) is 0 Å². The van der Waals surface area contributed by atoms with Crippen LogP contribution in [0, 0.1) is 0 Å². The largest absolute Gasteiger partial charge is 0.493 e. The highest BCUT2D eigenvalue weighted by Crippen LogP contribution is 2.40. The lowest BCUT2D eigenvalue weighted by Crippen LogP contribution is -2.28. The highest BCUT2D eigenvalue weighted by Gasteiger charge is 2.40. The van der Waals surface area contributed by atoms with E-state index in [4.69, 9.17) is 9.47 Å². The predicted octanol–water partition coefficient (Wildman–Crippen LogP) is 6.36. The Morgan fingerprint density at radius 1 is 0.971 bits per heavy atom. The van der Waals surface area contributed by atoms with Crippen LogP contribution in [-0.2, 0) is 12.4 Å². The van der Waals surface area contributed by atoms with E-state index in [1.165, 1.54) is 45.4 Å². The number of hydrogen-bond acceptors (Lipinski definition) is 5. The molecule has 1 atom stereocenters. The maximum Gasteiger partial charge on any atom is 0.435 e. The van der Waals surface area contributed by atoms with Crippen molar-refractivity contribution in [2.45, 2.75) is 25.3 Å². The molecule has 1 aromatic heterocycles. The van der Waals surface area contributed by atoms with Crippen LogP contribution in [0.4, 0.5) is 26.3 Å². The van der Waals surface area contributed by atoms with E-state index < -0.39 is 40.4 Å². The molecule has 0 saturated carbocycles. The molecule has 2 aromatic carbocycles. The van der Waals surface area contributed by atoms with E-state index in [2.05, 4.69) is 10.3 Å². The van der Waals surface area contributed by atoms with Crippen molar-refractivity contribution in [2.24, 2.45) is 0 Å². The first-order chi connectivity index (χ1) is 15.8. The van der Waals surface area contributed by atoms with Gasteiger partial charge in [-0.2, -0.15) is 26.3 Å². The van der Waals surface area contributed by atoms with Gasteiger partial charge in [-0.25, -0.2) is 4.98 Å². The topological polar surface area (TPSA) is 60.5 Å². The maximum atomic E-state index is 13.6. The van der Waals surface area contributed by atoms with Crippen LogP contribution in [0.3, 0.4) is 0 Å². The van der Waals surface area contributed by atoms with Crippen molar-refractivity contribution in [3.05, 3.63) is 64.2 Å². The van der Waals surface area contributed by atoms with Gasteiger partial charge in [-0.05, 0) is 42.8 Å². The van der Waals surface area contributed by atoms with Gasteiger partial charge in [0.15, 0.2) is 17.2 Å². The summed E-state index contributed by atoms with van der Waals surface area (Å²) >= 11 is 0.505. The molecule has 3 rings (SSSR count). The molecule has 182 valence electrons. The van der Waals surface area contributed by atoms with Gasteiger partial charge in [0, 0.05) is 5.56 Å². The molecule has 12 heteroatoms. The monoisotopic (exact) mass is 504 g/mol. The summed E-state index contributed by atoms with van der Waals surface area (Å²) in [6.07, 6.45) is -9.54. The first kappa shape index (κ1) is 25.3. The fourth-order valence-corrected chi connectivity index (χ4v) is 4.07. The first-order valence-corrected chi connectivity index (χ1v) is 10.4. The molecule has 1 heterocycles. The quantitative estimate of drug-likeness (QED) is 0.397. The number of alkyl halides is 6. The number of nitrogens with one attached hydrogen (secondary N) is 1. The highest BCUT2D eigenvalue weighted by atomic mass is 32.1. The van der Waals surface area contributed by atoms with Crippen molar-refractivity contribution in [1.29, 1.82) is 0 Å². The van der Waals surface area contributed by atoms with E-state index in [0.717, 1.165) is 18.2 Å². The number of halogens is 6. The Bertz CT molecular complexity index is 1190. The molecule has 0 radical (unpaired) electrons. The summed E-state index contributed by atoms with van der Waals surface area (Å²) in [6.45, 7) is 1.37. The molecule has 1 N–H and O–H groups in total. The van der Waals surface area contributed by atoms with Crippen molar-refractivity contribution >= 4 is 17.2 Å². The van der Waals surface area contributed by atoms with E-state index in [9.17, 15) is 31.1 Å². The third kappa shape index (κ3) is 5.44. The minimum Gasteiger partial charge on any atom is -0.493 e. The number of hydrogen-bond donors (Lipinski definition) is 1. The average molecular weight is 504 g/mol. The standard InChI is InChI=1S/C22H18F6N2O3S/c1-11(12-5-4-6-14(9-12)21(23,24)25)29-19(31)17-18(22(26,27)28)30-20(34-17)13-7-8-15(32-2)16(10-13)33-3/h4-11H,1-3H3,(H,29,31). The molecule has 0 fully saturated rings. The fraction of sp³-hybridized carbons (Fsp3) is 0.273. The van der Waals surface area contributed by atoms with Crippen molar-refractivity contribution in [2.75, 3.05) is 14.2 Å². The van der Waals surface area contributed by atoms with Crippen LogP contribution in [0.25, 0.3) is 10.6 Å². The van der Waals surface area contributed by atoms with Crippen LogP contribution in [0.1, 0.15) is 39.5 Å². The Kier molecular flexibility index (Phi) is 7.10. The van der Waals surface area contributed by atoms with Crippen LogP contribution in [-0.4, -0.2) is 25.1 Å². The Morgan fingerprint density at radius 3 is 2.24 bits per heavy atom. The number of thiazole rings is 1. The van der Waals surface area contributed by atoms with Gasteiger partial charge in [0.05, 0.1) is 25.8 Å². The van der Waals surface area contributed by atoms with Crippen molar-refractivity contribution in [3.8, 4) is 22.1 Å². The second-order valence-corrected chi connectivity index (χ2v) is 8.08. The summed E-state index contributed by atoms with van der Waals surface area (Å²) in [5.41, 5.74) is -1.98. The molecule has 0 saturated heterocycles. The number of aromatic nitrogens is 1. The lowest BCUT2D eigenvalue weighted by atomic mass is 10.0. The third-order valence-corrected chi connectivity index (χ3v) is 5.90. The first-order valence-electron chi connectivity index (χ1n) is 9.63. The number of methoxy groups -OCH3 is 2. The van der Waals surface area contributed by atoms with Gasteiger partial charge >= 0.3 is 12.4 Å². The van der Waals surface area contributed by atoms with Gasteiger partial charge in [-0.1, -0.05) is 12.1 Å². The van der Waals surface area contributed by atoms with Gasteiger partial charge in [-0.15, -0.1) is 11.3 Å². The Balaban J connectivity index is 1.95.